The van der Waals surface area contributed by atoms with Gasteiger partial charge in [0.2, 0.25) is 0 Å². The molecule has 1 spiro atoms. The molecule has 3 aliphatic carbocycles. The molecule has 1 N–H and O–H groups in total. The lowest BCUT2D eigenvalue weighted by atomic mass is 9.78. The van der Waals surface area contributed by atoms with Crippen LogP contribution in [-0.4, -0.2) is 107 Å². The number of fused-ring (bicyclic) bond motifs is 1. The van der Waals surface area contributed by atoms with E-state index in [1.807, 2.05) is 22.9 Å². The number of aryl methyl sites for hydroxylation is 1. The van der Waals surface area contributed by atoms with Crippen molar-refractivity contribution in [2.75, 3.05) is 33.4 Å². The smallest absolute Gasteiger partial charge is 0.410 e. The first-order valence-corrected chi connectivity index (χ1v) is 22.5. The largest absolute Gasteiger partial charge is 0.448 e. The maximum atomic E-state index is 15.2. The van der Waals surface area contributed by atoms with Crippen LogP contribution in [-0.2, 0) is 32.0 Å². The van der Waals surface area contributed by atoms with Crippen molar-refractivity contribution in [3.8, 4) is 0 Å². The molecule has 49 heavy (non-hydrogen) atoms. The van der Waals surface area contributed by atoms with E-state index < -0.39 is 13.7 Å². The Morgan fingerprint density at radius 3 is 2.61 bits per heavy atom. The predicted molar refractivity (Wildman–Crippen MR) is 187 cm³/mol. The number of cyclic esters (lactones) is 1. The Balaban J connectivity index is 1.17. The summed E-state index contributed by atoms with van der Waals surface area (Å²) in [5.41, 5.74) is 3.42. The van der Waals surface area contributed by atoms with E-state index >= 15 is 4.79 Å². The monoisotopic (exact) mass is 697 g/mol. The molecule has 1 aromatic rings. The van der Waals surface area contributed by atoms with Gasteiger partial charge in [-0.15, -0.1) is 5.10 Å². The number of hydrogen-bond acceptors (Lipinski definition) is 8. The summed E-state index contributed by atoms with van der Waals surface area (Å²) >= 11 is 0. The number of nitrogens with zero attached hydrogens (tertiary/aromatic N) is 5. The van der Waals surface area contributed by atoms with Gasteiger partial charge in [-0.1, -0.05) is 44.5 Å². The van der Waals surface area contributed by atoms with E-state index in [0.717, 1.165) is 82.9 Å². The van der Waals surface area contributed by atoms with Gasteiger partial charge in [0.05, 0.1) is 32.5 Å². The highest BCUT2D eigenvalue weighted by Crippen LogP contribution is 2.61. The molecule has 2 saturated heterocycles. The van der Waals surface area contributed by atoms with Crippen molar-refractivity contribution < 1.29 is 28.9 Å². The van der Waals surface area contributed by atoms with Crippen LogP contribution in [0.3, 0.4) is 0 Å². The number of aliphatic hydroxyl groups excluding tert-OH is 1. The first-order valence-electron chi connectivity index (χ1n) is 19.4. The number of aliphatic hydroxyl groups is 1. The molecule has 0 aromatic carbocycles. The molecule has 3 aliphatic heterocycles. The van der Waals surface area contributed by atoms with Gasteiger partial charge in [-0.3, -0.25) is 9.48 Å². The Kier molecular flexibility index (Phi) is 10.3. The third-order valence-corrected chi connectivity index (χ3v) is 18.9. The normalized spacial score (nSPS) is 35.5. The molecule has 272 valence electrons. The fourth-order valence-corrected chi connectivity index (χ4v) is 16.2. The number of rotatable bonds is 11. The van der Waals surface area contributed by atoms with Gasteiger partial charge in [0.15, 0.2) is 5.60 Å². The Labute approximate surface area is 293 Å². The second kappa shape index (κ2) is 14.4. The number of carbonyl (C=O) groups excluding carboxylic acids is 2. The van der Waals surface area contributed by atoms with Crippen LogP contribution in [0.15, 0.2) is 17.5 Å². The fraction of sp³-hybridized carbons (Fsp3) is 0.838. The molecule has 7 rings (SSSR count). The average Bonchev–Trinajstić information content (AvgIpc) is 3.87. The lowest BCUT2D eigenvalue weighted by molar-refractivity contribution is -0.150. The number of hydrogen-bond donors (Lipinski definition) is 1. The van der Waals surface area contributed by atoms with Crippen molar-refractivity contribution in [1.82, 2.24) is 24.8 Å². The topological polar surface area (TPSA) is 119 Å². The van der Waals surface area contributed by atoms with Gasteiger partial charge >= 0.3 is 6.09 Å². The average molecular weight is 698 g/mol. The second-order valence-electron chi connectivity index (χ2n) is 16.5. The van der Waals surface area contributed by atoms with E-state index in [0.29, 0.717) is 49.2 Å². The van der Waals surface area contributed by atoms with Crippen molar-refractivity contribution in [3.05, 3.63) is 23.2 Å². The zero-order valence-electron chi connectivity index (χ0n) is 30.3. The number of aromatic nitrogens is 3. The van der Waals surface area contributed by atoms with Crippen LogP contribution in [0.2, 0.25) is 24.2 Å². The van der Waals surface area contributed by atoms with Crippen LogP contribution in [0.5, 0.6) is 0 Å². The van der Waals surface area contributed by atoms with Gasteiger partial charge in [0.25, 0.3) is 5.91 Å². The molecule has 4 heterocycles. The fourth-order valence-electron chi connectivity index (χ4n) is 11.1. The third-order valence-electron chi connectivity index (χ3n) is 13.6. The molecular weight excluding hydrogens is 639 g/mol. The lowest BCUT2D eigenvalue weighted by Crippen LogP contribution is -2.51. The Hall–Kier alpha value is -2.28. The summed E-state index contributed by atoms with van der Waals surface area (Å²) < 4.78 is 20.4. The van der Waals surface area contributed by atoms with Gasteiger partial charge in [0, 0.05) is 57.1 Å². The van der Waals surface area contributed by atoms with Crippen molar-refractivity contribution >= 4 is 20.1 Å². The van der Waals surface area contributed by atoms with Crippen LogP contribution in [0.4, 0.5) is 4.79 Å². The Bertz CT molecular complexity index is 1390. The molecule has 2 unspecified atom stereocenters. The highest BCUT2D eigenvalue weighted by molar-refractivity contribution is 6.80. The molecule has 2 amide bonds. The van der Waals surface area contributed by atoms with Crippen LogP contribution >= 0.6 is 0 Å². The molecule has 4 fully saturated rings. The maximum absolute atomic E-state index is 15.2. The minimum Gasteiger partial charge on any atom is -0.448 e. The molecule has 2 saturated carbocycles. The second-order valence-corrected chi connectivity index (χ2v) is 21.6. The van der Waals surface area contributed by atoms with E-state index in [9.17, 15) is 9.90 Å². The quantitative estimate of drug-likeness (QED) is 0.293. The van der Waals surface area contributed by atoms with Gasteiger partial charge in [-0.2, -0.15) is 0 Å². The van der Waals surface area contributed by atoms with Crippen LogP contribution in [0, 0.1) is 11.8 Å². The number of ether oxygens (including phenoxy) is 3. The Morgan fingerprint density at radius 2 is 1.88 bits per heavy atom. The van der Waals surface area contributed by atoms with Crippen molar-refractivity contribution in [2.24, 2.45) is 11.8 Å². The summed E-state index contributed by atoms with van der Waals surface area (Å²) in [6.07, 6.45) is 16.2. The van der Waals surface area contributed by atoms with Crippen molar-refractivity contribution in [1.29, 1.82) is 0 Å². The number of methoxy groups -OCH3 is 1. The van der Waals surface area contributed by atoms with Crippen molar-refractivity contribution in [2.45, 2.75) is 151 Å². The van der Waals surface area contributed by atoms with E-state index in [4.69, 9.17) is 14.2 Å². The molecule has 0 radical (unpaired) electrons. The summed E-state index contributed by atoms with van der Waals surface area (Å²) in [5, 5.41) is 18.1. The predicted octanol–water partition coefficient (Wildman–Crippen LogP) is 5.70. The van der Waals surface area contributed by atoms with Gasteiger partial charge in [-0.25, -0.2) is 4.79 Å². The first-order chi connectivity index (χ1) is 23.7. The van der Waals surface area contributed by atoms with E-state index in [2.05, 4.69) is 35.2 Å². The standard InChI is InChI=1S/C37H59N5O6Si/c1-25-34(49(3,4)30-14-12-29(46-2)13-15-30)33(16-18-40-24-27(17-20-43)38-39-40)48-37(25)31-10-5-6-11-32(31)42(35(37)44)23-26-8-7-9-28(22-26)41-19-21-47-36(41)45/h24-26,28-30,33-34,43H,5-23H2,1-4H3/t25-,26?,28?,29?,30?,33+,34-,37+/m0/s1. The zero-order valence-corrected chi connectivity index (χ0v) is 31.3. The molecule has 12 heteroatoms. The summed E-state index contributed by atoms with van der Waals surface area (Å²) in [7, 11) is -0.116. The highest BCUT2D eigenvalue weighted by atomic mass is 28.3. The van der Waals surface area contributed by atoms with Crippen LogP contribution in [0.25, 0.3) is 0 Å². The SMILES string of the molecule is COC1CCC([Si](C)(C)[C@@H]2[C@@H](CCn3cc(CCO)nn3)O[C@]3(C(=O)N(CC4CCCC(N5CCOC5=O)C4)C4=C3CCCC4)[C@H]2C)CC1. The van der Waals surface area contributed by atoms with Crippen LogP contribution in [0.1, 0.15) is 96.1 Å². The number of carbonyl (C=O) groups is 2. The Morgan fingerprint density at radius 1 is 1.08 bits per heavy atom. The molecule has 1 aromatic heterocycles. The minimum absolute atomic E-state index is 0.0397. The summed E-state index contributed by atoms with van der Waals surface area (Å²) in [6, 6.07) is 0.199. The summed E-state index contributed by atoms with van der Waals surface area (Å²) in [4.78, 5) is 31.7. The molecule has 6 atom stereocenters. The van der Waals surface area contributed by atoms with E-state index in [1.165, 1.54) is 24.1 Å². The van der Waals surface area contributed by atoms with E-state index in [-0.39, 0.29) is 36.7 Å². The highest BCUT2D eigenvalue weighted by Gasteiger charge is 2.67. The minimum atomic E-state index is -1.96. The molecule has 0 bridgehead atoms. The van der Waals surface area contributed by atoms with Gasteiger partial charge in [0.1, 0.15) is 6.61 Å². The first kappa shape index (κ1) is 35.1. The zero-order chi connectivity index (χ0) is 34.3. The van der Waals surface area contributed by atoms with Crippen LogP contribution < -0.4 is 0 Å². The molecule has 6 aliphatic rings. The van der Waals surface area contributed by atoms with E-state index in [1.54, 1.807) is 0 Å². The summed E-state index contributed by atoms with van der Waals surface area (Å²) in [5.74, 6) is 0.632. The number of amides is 2. The molecular formula is C37H59N5O6Si. The maximum Gasteiger partial charge on any atom is 0.410 e. The van der Waals surface area contributed by atoms with Gasteiger partial charge < -0.3 is 29.1 Å². The van der Waals surface area contributed by atoms with Crippen molar-refractivity contribution in [3.63, 3.8) is 0 Å². The lowest BCUT2D eigenvalue weighted by Gasteiger charge is -2.45. The summed E-state index contributed by atoms with van der Waals surface area (Å²) in [6.45, 7) is 10.1. The van der Waals surface area contributed by atoms with Gasteiger partial charge in [-0.05, 0) is 86.8 Å². The molecule has 11 nitrogen and oxygen atoms in total. The number of allylic oxidation sites excluding steroid dienone is 1. The third kappa shape index (κ3) is 6.41.